The lowest BCUT2D eigenvalue weighted by atomic mass is 10.1. The van der Waals surface area contributed by atoms with Crippen LogP contribution in [0.5, 0.6) is 0 Å². The van der Waals surface area contributed by atoms with Gasteiger partial charge in [0, 0.05) is 17.0 Å². The number of rotatable bonds is 5. The molecule has 1 heterocycles. The first-order valence-electron chi connectivity index (χ1n) is 8.32. The summed E-state index contributed by atoms with van der Waals surface area (Å²) < 4.78 is 30.5. The average Bonchev–Trinajstić information content (AvgIpc) is 3.04. The second-order valence-electron chi connectivity index (χ2n) is 6.24. The molecule has 4 aromatic rings. The van der Waals surface area contributed by atoms with E-state index in [-0.39, 0.29) is 11.4 Å². The van der Waals surface area contributed by atoms with Crippen LogP contribution in [0.25, 0.3) is 21.7 Å². The topological polar surface area (TPSA) is 94.2 Å². The molecule has 4 rings (SSSR count). The molecule has 0 atom stereocenters. The van der Waals surface area contributed by atoms with Crippen LogP contribution in [0, 0.1) is 0 Å². The van der Waals surface area contributed by atoms with Crippen LogP contribution in [0.15, 0.2) is 77.8 Å². The second-order valence-corrected chi connectivity index (χ2v) is 7.89. The number of hydrogen-bond acceptors (Lipinski definition) is 3. The van der Waals surface area contributed by atoms with Crippen molar-refractivity contribution in [2.75, 3.05) is 4.72 Å². The maximum Gasteiger partial charge on any atom is 0.262 e. The Hall–Kier alpha value is -3.32. The third-order valence-corrected chi connectivity index (χ3v) is 5.82. The molecule has 0 unspecified atom stereocenters. The highest BCUT2D eigenvalue weighted by atomic mass is 32.2. The molecule has 136 valence electrons. The molecule has 0 saturated heterocycles. The molecule has 0 spiro atoms. The van der Waals surface area contributed by atoms with Gasteiger partial charge in [-0.2, -0.15) is 0 Å². The van der Waals surface area contributed by atoms with Gasteiger partial charge in [0.05, 0.1) is 16.1 Å². The van der Waals surface area contributed by atoms with E-state index < -0.39 is 15.9 Å². The predicted octanol–water partition coefficient (Wildman–Crippen LogP) is 3.08. The van der Waals surface area contributed by atoms with Crippen molar-refractivity contribution in [3.05, 3.63) is 72.9 Å². The van der Waals surface area contributed by atoms with E-state index >= 15 is 0 Å². The fourth-order valence-electron chi connectivity index (χ4n) is 3.27. The van der Waals surface area contributed by atoms with Gasteiger partial charge in [-0.05, 0) is 23.6 Å². The lowest BCUT2D eigenvalue weighted by molar-refractivity contribution is -0.118. The van der Waals surface area contributed by atoms with Gasteiger partial charge in [0.25, 0.3) is 10.0 Å². The number of para-hydroxylation sites is 1. The maximum atomic E-state index is 13.1. The molecule has 0 radical (unpaired) electrons. The number of anilines is 1. The van der Waals surface area contributed by atoms with Gasteiger partial charge in [-0.25, -0.2) is 8.42 Å². The number of aromatic nitrogens is 1. The van der Waals surface area contributed by atoms with Crippen LogP contribution < -0.4 is 10.5 Å². The first-order chi connectivity index (χ1) is 13.0. The number of carbonyl (C=O) groups excluding carboxylic acids is 1. The predicted molar refractivity (Wildman–Crippen MR) is 106 cm³/mol. The standard InChI is InChI=1S/C20H17N3O3S/c21-19(24)13-23-12-11-15-7-3-9-17(20(15)23)22-27(25,26)18-10-4-6-14-5-1-2-8-16(14)18/h1-12,22H,13H2,(H2,21,24). The van der Waals surface area contributed by atoms with E-state index in [1.165, 1.54) is 0 Å². The molecule has 0 aliphatic heterocycles. The third-order valence-electron chi connectivity index (χ3n) is 4.40. The number of amides is 1. The molecule has 3 aromatic carbocycles. The number of carbonyl (C=O) groups is 1. The van der Waals surface area contributed by atoms with Crippen LogP contribution in [0.3, 0.4) is 0 Å². The van der Waals surface area contributed by atoms with Gasteiger partial charge in [-0.3, -0.25) is 9.52 Å². The van der Waals surface area contributed by atoms with Crippen molar-refractivity contribution < 1.29 is 13.2 Å². The Balaban J connectivity index is 1.83. The molecule has 0 fully saturated rings. The van der Waals surface area contributed by atoms with E-state index in [2.05, 4.69) is 4.72 Å². The average molecular weight is 379 g/mol. The largest absolute Gasteiger partial charge is 0.368 e. The van der Waals surface area contributed by atoms with Crippen molar-refractivity contribution >= 4 is 43.3 Å². The molecular weight excluding hydrogens is 362 g/mol. The summed E-state index contributed by atoms with van der Waals surface area (Å²) >= 11 is 0. The lowest BCUT2D eigenvalue weighted by Crippen LogP contribution is -2.19. The Labute approximate surface area is 156 Å². The molecule has 6 nitrogen and oxygen atoms in total. The molecule has 0 saturated carbocycles. The highest BCUT2D eigenvalue weighted by Gasteiger charge is 2.19. The zero-order valence-electron chi connectivity index (χ0n) is 14.3. The van der Waals surface area contributed by atoms with Crippen molar-refractivity contribution in [1.29, 1.82) is 0 Å². The molecule has 1 amide bonds. The van der Waals surface area contributed by atoms with Crippen molar-refractivity contribution in [2.24, 2.45) is 5.73 Å². The molecular formula is C20H17N3O3S. The van der Waals surface area contributed by atoms with Crippen LogP contribution in [-0.2, 0) is 21.4 Å². The number of nitrogens with two attached hydrogens (primary N) is 1. The van der Waals surface area contributed by atoms with Gasteiger partial charge in [0.1, 0.15) is 6.54 Å². The summed E-state index contributed by atoms with van der Waals surface area (Å²) in [5.41, 5.74) is 6.31. The minimum absolute atomic E-state index is 0.0312. The molecule has 0 bridgehead atoms. The van der Waals surface area contributed by atoms with Crippen LogP contribution in [0.4, 0.5) is 5.69 Å². The Morgan fingerprint density at radius 1 is 0.926 bits per heavy atom. The summed E-state index contributed by atoms with van der Waals surface area (Å²) in [4.78, 5) is 11.5. The third kappa shape index (κ3) is 3.13. The minimum Gasteiger partial charge on any atom is -0.368 e. The molecule has 1 aromatic heterocycles. The summed E-state index contributed by atoms with van der Waals surface area (Å²) in [5.74, 6) is -0.501. The minimum atomic E-state index is -3.83. The number of fused-ring (bicyclic) bond motifs is 2. The van der Waals surface area contributed by atoms with Gasteiger partial charge < -0.3 is 10.3 Å². The van der Waals surface area contributed by atoms with Crippen molar-refractivity contribution in [3.8, 4) is 0 Å². The maximum absolute atomic E-state index is 13.1. The first-order valence-corrected chi connectivity index (χ1v) is 9.81. The van der Waals surface area contributed by atoms with Gasteiger partial charge in [-0.15, -0.1) is 0 Å². The van der Waals surface area contributed by atoms with Gasteiger partial charge in [-0.1, -0.05) is 48.5 Å². The summed E-state index contributed by atoms with van der Waals surface area (Å²) in [7, 11) is -3.83. The number of nitrogens with zero attached hydrogens (tertiary/aromatic N) is 1. The fourth-order valence-corrected chi connectivity index (χ4v) is 4.57. The van der Waals surface area contributed by atoms with Crippen LogP contribution in [0.2, 0.25) is 0 Å². The number of primary amides is 1. The van der Waals surface area contributed by atoms with Crippen LogP contribution in [-0.4, -0.2) is 18.9 Å². The van der Waals surface area contributed by atoms with E-state index in [1.54, 1.807) is 47.2 Å². The highest BCUT2D eigenvalue weighted by Crippen LogP contribution is 2.29. The number of benzene rings is 3. The SMILES string of the molecule is NC(=O)Cn1ccc2cccc(NS(=O)(=O)c3cccc4ccccc34)c21. The molecule has 27 heavy (non-hydrogen) atoms. The van der Waals surface area contributed by atoms with Crippen LogP contribution in [0.1, 0.15) is 0 Å². The van der Waals surface area contributed by atoms with Crippen LogP contribution >= 0.6 is 0 Å². The van der Waals surface area contributed by atoms with E-state index in [9.17, 15) is 13.2 Å². The molecule has 0 aliphatic carbocycles. The number of nitrogens with one attached hydrogen (secondary N) is 1. The Morgan fingerprint density at radius 2 is 1.63 bits per heavy atom. The normalized spacial score (nSPS) is 11.7. The summed E-state index contributed by atoms with van der Waals surface area (Å²) in [5, 5.41) is 2.30. The number of hydrogen-bond donors (Lipinski definition) is 2. The van der Waals surface area contributed by atoms with Crippen molar-refractivity contribution in [1.82, 2.24) is 4.57 Å². The van der Waals surface area contributed by atoms with E-state index in [1.807, 2.05) is 30.3 Å². The monoisotopic (exact) mass is 379 g/mol. The van der Waals surface area contributed by atoms with Crippen molar-refractivity contribution in [2.45, 2.75) is 11.4 Å². The van der Waals surface area contributed by atoms with Gasteiger partial charge in [0.2, 0.25) is 5.91 Å². The Bertz CT molecular complexity index is 1270. The molecule has 0 aliphatic rings. The summed E-state index contributed by atoms with van der Waals surface area (Å²) in [6.07, 6.45) is 1.71. The molecule has 7 heteroatoms. The number of sulfonamides is 1. The van der Waals surface area contributed by atoms with Crippen molar-refractivity contribution in [3.63, 3.8) is 0 Å². The summed E-state index contributed by atoms with van der Waals surface area (Å²) in [6, 6.07) is 19.6. The Morgan fingerprint density at radius 3 is 2.44 bits per heavy atom. The second kappa shape index (κ2) is 6.44. The van der Waals surface area contributed by atoms with E-state index in [0.29, 0.717) is 16.6 Å². The van der Waals surface area contributed by atoms with E-state index in [0.717, 1.165) is 10.8 Å². The summed E-state index contributed by atoms with van der Waals surface area (Å²) in [6.45, 7) is -0.0312. The molecule has 3 N–H and O–H groups in total. The van der Waals surface area contributed by atoms with Gasteiger partial charge >= 0.3 is 0 Å². The highest BCUT2D eigenvalue weighted by molar-refractivity contribution is 7.93. The quantitative estimate of drug-likeness (QED) is 0.558. The smallest absolute Gasteiger partial charge is 0.262 e. The zero-order valence-corrected chi connectivity index (χ0v) is 15.1. The fraction of sp³-hybridized carbons (Fsp3) is 0.0500. The van der Waals surface area contributed by atoms with E-state index in [4.69, 9.17) is 5.73 Å². The Kier molecular flexibility index (Phi) is 4.08. The zero-order chi connectivity index (χ0) is 19.0. The van der Waals surface area contributed by atoms with Gasteiger partial charge in [0.15, 0.2) is 0 Å². The first kappa shape index (κ1) is 17.1. The lowest BCUT2D eigenvalue weighted by Gasteiger charge is -2.13.